The fraction of sp³-hybridized carbons (Fsp3) is 0.273. The number of halogens is 2. The molecule has 0 radical (unpaired) electrons. The first-order valence-corrected chi connectivity index (χ1v) is 9.91. The summed E-state index contributed by atoms with van der Waals surface area (Å²) in [5.74, 6) is -1.92. The molecule has 3 aromatic rings. The van der Waals surface area contributed by atoms with Gasteiger partial charge in [-0.15, -0.1) is 0 Å². The van der Waals surface area contributed by atoms with Gasteiger partial charge in [0, 0.05) is 62.0 Å². The number of carbonyl (C=O) groups excluding carboxylic acids is 2. The lowest BCUT2D eigenvalue weighted by Gasteiger charge is -2.32. The SMILES string of the molecule is Cn1cc(C(=O)NC2CCN(C(=O)c3ccncc3)CC2)c(-c2ccc(F)cc2F)n1. The van der Waals surface area contributed by atoms with Crippen molar-refractivity contribution in [3.05, 3.63) is 71.7 Å². The number of piperidine rings is 1. The molecule has 0 bridgehead atoms. The lowest BCUT2D eigenvalue weighted by molar-refractivity contribution is 0.0698. The Morgan fingerprint density at radius 2 is 1.81 bits per heavy atom. The molecule has 0 saturated carbocycles. The van der Waals surface area contributed by atoms with E-state index in [0.29, 0.717) is 31.5 Å². The molecule has 4 rings (SSSR count). The first kappa shape index (κ1) is 20.6. The first-order valence-electron chi connectivity index (χ1n) is 9.91. The van der Waals surface area contributed by atoms with Crippen molar-refractivity contribution >= 4 is 11.8 Å². The van der Waals surface area contributed by atoms with E-state index in [-0.39, 0.29) is 34.7 Å². The van der Waals surface area contributed by atoms with Crippen molar-refractivity contribution in [1.82, 2.24) is 25.0 Å². The van der Waals surface area contributed by atoms with Crippen molar-refractivity contribution in [2.75, 3.05) is 13.1 Å². The highest BCUT2D eigenvalue weighted by molar-refractivity contribution is 6.00. The number of hydrogen-bond donors (Lipinski definition) is 1. The van der Waals surface area contributed by atoms with Crippen molar-refractivity contribution in [2.24, 2.45) is 7.05 Å². The largest absolute Gasteiger partial charge is 0.349 e. The van der Waals surface area contributed by atoms with E-state index in [9.17, 15) is 18.4 Å². The molecule has 1 aromatic carbocycles. The average molecular weight is 425 g/mol. The molecule has 1 fully saturated rings. The Balaban J connectivity index is 1.43. The van der Waals surface area contributed by atoms with Crippen molar-refractivity contribution < 1.29 is 18.4 Å². The highest BCUT2D eigenvalue weighted by Crippen LogP contribution is 2.26. The molecule has 0 unspecified atom stereocenters. The minimum absolute atomic E-state index is 0.0601. The monoisotopic (exact) mass is 425 g/mol. The number of aryl methyl sites for hydroxylation is 1. The van der Waals surface area contributed by atoms with Gasteiger partial charge >= 0.3 is 0 Å². The van der Waals surface area contributed by atoms with E-state index in [4.69, 9.17) is 0 Å². The summed E-state index contributed by atoms with van der Waals surface area (Å²) in [7, 11) is 1.63. The lowest BCUT2D eigenvalue weighted by Crippen LogP contribution is -2.46. The van der Waals surface area contributed by atoms with Crippen LogP contribution in [-0.4, -0.2) is 50.6 Å². The van der Waals surface area contributed by atoms with Crippen LogP contribution in [0.25, 0.3) is 11.3 Å². The predicted molar refractivity (Wildman–Crippen MR) is 109 cm³/mol. The summed E-state index contributed by atoms with van der Waals surface area (Å²) >= 11 is 0. The number of nitrogens with one attached hydrogen (secondary N) is 1. The molecule has 1 aliphatic rings. The maximum Gasteiger partial charge on any atom is 0.255 e. The Morgan fingerprint density at radius 3 is 2.48 bits per heavy atom. The molecule has 1 saturated heterocycles. The van der Waals surface area contributed by atoms with Crippen LogP contribution in [0.2, 0.25) is 0 Å². The second-order valence-corrected chi connectivity index (χ2v) is 7.47. The minimum atomic E-state index is -0.782. The van der Waals surface area contributed by atoms with E-state index in [1.165, 1.54) is 16.9 Å². The third kappa shape index (κ3) is 4.45. The number of nitrogens with zero attached hydrogens (tertiary/aromatic N) is 4. The molecule has 31 heavy (non-hydrogen) atoms. The third-order valence-electron chi connectivity index (χ3n) is 5.30. The normalized spacial score (nSPS) is 14.5. The molecule has 9 heteroatoms. The van der Waals surface area contributed by atoms with E-state index in [1.54, 1.807) is 36.5 Å². The first-order chi connectivity index (χ1) is 14.9. The summed E-state index contributed by atoms with van der Waals surface area (Å²) in [4.78, 5) is 31.1. The average Bonchev–Trinajstić information content (AvgIpc) is 3.16. The Labute approximate surface area is 177 Å². The van der Waals surface area contributed by atoms with Crippen molar-refractivity contribution in [3.8, 4) is 11.3 Å². The van der Waals surface area contributed by atoms with Gasteiger partial charge in [-0.1, -0.05) is 0 Å². The van der Waals surface area contributed by atoms with Gasteiger partial charge in [-0.2, -0.15) is 5.10 Å². The molecule has 160 valence electrons. The van der Waals surface area contributed by atoms with Crippen LogP contribution in [0.1, 0.15) is 33.6 Å². The summed E-state index contributed by atoms with van der Waals surface area (Å²) in [5.41, 5.74) is 1.01. The quantitative estimate of drug-likeness (QED) is 0.697. The molecule has 0 atom stereocenters. The number of pyridine rings is 1. The minimum Gasteiger partial charge on any atom is -0.349 e. The number of benzene rings is 1. The van der Waals surface area contributed by atoms with Gasteiger partial charge < -0.3 is 10.2 Å². The fourth-order valence-electron chi connectivity index (χ4n) is 3.70. The zero-order valence-corrected chi connectivity index (χ0v) is 16.9. The van der Waals surface area contributed by atoms with Crippen LogP contribution in [0.3, 0.4) is 0 Å². The van der Waals surface area contributed by atoms with Crippen molar-refractivity contribution in [2.45, 2.75) is 18.9 Å². The summed E-state index contributed by atoms with van der Waals surface area (Å²) in [6, 6.07) is 6.39. The van der Waals surface area contributed by atoms with E-state index < -0.39 is 11.6 Å². The maximum absolute atomic E-state index is 14.2. The smallest absolute Gasteiger partial charge is 0.255 e. The maximum atomic E-state index is 14.2. The highest BCUT2D eigenvalue weighted by atomic mass is 19.1. The predicted octanol–water partition coefficient (Wildman–Crippen LogP) is 2.79. The van der Waals surface area contributed by atoms with Gasteiger partial charge in [0.05, 0.1) is 5.56 Å². The molecule has 2 aromatic heterocycles. The molecule has 2 amide bonds. The van der Waals surface area contributed by atoms with E-state index in [1.807, 2.05) is 0 Å². The zero-order valence-electron chi connectivity index (χ0n) is 16.9. The van der Waals surface area contributed by atoms with Crippen molar-refractivity contribution in [1.29, 1.82) is 0 Å². The number of rotatable bonds is 4. The highest BCUT2D eigenvalue weighted by Gasteiger charge is 2.27. The van der Waals surface area contributed by atoms with E-state index in [0.717, 1.165) is 12.1 Å². The molecular weight excluding hydrogens is 404 g/mol. The van der Waals surface area contributed by atoms with E-state index in [2.05, 4.69) is 15.4 Å². The van der Waals surface area contributed by atoms with Crippen LogP contribution in [0, 0.1) is 11.6 Å². The molecule has 1 aliphatic heterocycles. The number of aromatic nitrogens is 3. The molecular formula is C22H21F2N5O2. The second-order valence-electron chi connectivity index (χ2n) is 7.47. The van der Waals surface area contributed by atoms with Crippen LogP contribution in [0.15, 0.2) is 48.9 Å². The topological polar surface area (TPSA) is 80.1 Å². The number of carbonyl (C=O) groups is 2. The summed E-state index contributed by atoms with van der Waals surface area (Å²) in [6.45, 7) is 1.02. The van der Waals surface area contributed by atoms with Crippen LogP contribution in [-0.2, 0) is 7.05 Å². The van der Waals surface area contributed by atoms with Crippen LogP contribution in [0.4, 0.5) is 8.78 Å². The summed E-state index contributed by atoms with van der Waals surface area (Å²) < 4.78 is 28.9. The van der Waals surface area contributed by atoms with Gasteiger partial charge in [0.15, 0.2) is 0 Å². The standard InChI is InChI=1S/C22H21F2N5O2/c1-28-13-18(20(27-28)17-3-2-15(23)12-19(17)24)21(30)26-16-6-10-29(11-7-16)22(31)14-4-8-25-9-5-14/h2-5,8-9,12-13,16H,6-7,10-11H2,1H3,(H,26,30). The molecule has 1 N–H and O–H groups in total. The van der Waals surface area contributed by atoms with Gasteiger partial charge in [0.1, 0.15) is 17.3 Å². The summed E-state index contributed by atoms with van der Waals surface area (Å²) in [6.07, 6.45) is 5.87. The van der Waals surface area contributed by atoms with Crippen LogP contribution < -0.4 is 5.32 Å². The fourth-order valence-corrected chi connectivity index (χ4v) is 3.70. The summed E-state index contributed by atoms with van der Waals surface area (Å²) in [5, 5.41) is 7.14. The van der Waals surface area contributed by atoms with Gasteiger partial charge in [-0.25, -0.2) is 8.78 Å². The van der Waals surface area contributed by atoms with Crippen LogP contribution >= 0.6 is 0 Å². The van der Waals surface area contributed by atoms with E-state index >= 15 is 0 Å². The Morgan fingerprint density at radius 1 is 1.10 bits per heavy atom. The van der Waals surface area contributed by atoms with Crippen LogP contribution in [0.5, 0.6) is 0 Å². The number of hydrogen-bond acceptors (Lipinski definition) is 4. The molecule has 0 spiro atoms. The molecule has 0 aliphatic carbocycles. The molecule has 7 nitrogen and oxygen atoms in total. The van der Waals surface area contributed by atoms with Gasteiger partial charge in [-0.3, -0.25) is 19.3 Å². The zero-order chi connectivity index (χ0) is 22.0. The van der Waals surface area contributed by atoms with Gasteiger partial charge in [-0.05, 0) is 37.1 Å². The lowest BCUT2D eigenvalue weighted by atomic mass is 10.0. The second kappa shape index (κ2) is 8.63. The van der Waals surface area contributed by atoms with Gasteiger partial charge in [0.25, 0.3) is 11.8 Å². The Bertz CT molecular complexity index is 1110. The number of amides is 2. The third-order valence-corrected chi connectivity index (χ3v) is 5.30. The van der Waals surface area contributed by atoms with Gasteiger partial charge in [0.2, 0.25) is 0 Å². The number of likely N-dealkylation sites (tertiary alicyclic amines) is 1. The molecule has 3 heterocycles. The van der Waals surface area contributed by atoms with Crippen molar-refractivity contribution in [3.63, 3.8) is 0 Å². The Hall–Kier alpha value is -3.62. The Kier molecular flexibility index (Phi) is 5.75.